The maximum Gasteiger partial charge on any atom is 0.338 e. The van der Waals surface area contributed by atoms with E-state index in [9.17, 15) is 33.3 Å². The number of aromatic carboxylic acids is 1. The number of fused-ring (bicyclic) bond motifs is 2. The molecule has 0 bridgehead atoms. The number of carboxylic acids is 1. The molecule has 0 aliphatic carbocycles. The molecular weight excluding hydrogens is 1560 g/mol. The molecule has 0 spiro atoms. The summed E-state index contributed by atoms with van der Waals surface area (Å²) in [4.78, 5) is 65.7. The minimum absolute atomic E-state index is 0. The fourth-order valence-electron chi connectivity index (χ4n) is 9.02. The van der Waals surface area contributed by atoms with Gasteiger partial charge in [0.15, 0.2) is 37.2 Å². The quantitative estimate of drug-likeness (QED) is 0.0102. The molecule has 0 radical (unpaired) electrons. The number of carbonyl (C=O) groups excluding carboxylic acids is 5. The van der Waals surface area contributed by atoms with Crippen molar-refractivity contribution in [2.45, 2.75) is 133 Å². The number of alkyl halides is 1. The van der Waals surface area contributed by atoms with Crippen LogP contribution in [0.5, 0.6) is 0 Å². The van der Waals surface area contributed by atoms with Crippen molar-refractivity contribution in [3.05, 3.63) is 156 Å². The maximum atomic E-state index is 12.0. The van der Waals surface area contributed by atoms with Crippen LogP contribution < -0.4 is 0 Å². The van der Waals surface area contributed by atoms with E-state index in [2.05, 4.69) is 25.1 Å². The molecule has 7 aromatic rings. The molecule has 0 atom stereocenters. The normalized spacial score (nSPS) is 14.2. The third-order valence-electron chi connectivity index (χ3n) is 13.8. The number of hydrogen-bond donors (Lipinski definition) is 1. The lowest BCUT2D eigenvalue weighted by atomic mass is 10.1. The number of hydrogen-bond acceptors (Lipinski definition) is 30. The highest BCUT2D eigenvalue weighted by atomic mass is 79.9. The second-order valence-electron chi connectivity index (χ2n) is 21.9. The number of benzene rings is 2. The summed E-state index contributed by atoms with van der Waals surface area (Å²) in [5.74, 6) is -0.484. The Bertz CT molecular complexity index is 3530. The number of furan rings is 5. The van der Waals surface area contributed by atoms with E-state index in [4.69, 9.17) is 97.5 Å². The first kappa shape index (κ1) is 99.5. The van der Waals surface area contributed by atoms with Crippen LogP contribution in [0.4, 0.5) is 0 Å². The SMILES string of the molecule is BrCCC1OCCO1.CCCC(=O)OCC.CCOC(=O)C(=Cc1ccco1)CC1OCCO1.CCOC(=O)C(=Cc1ccco1)CC1OCCO1.CCOC(=O)c1ccc2ccoc2c1.CCOP(=O)(CCC1OCCO1)OCC.CCOP(OCC)OCC.O=C(O)c1ccc2ccoc2c1.O=Cc1ccco1.[OH-]. The number of carboxylic acid groups (broad SMARTS) is 1. The highest BCUT2D eigenvalue weighted by Gasteiger charge is 2.28. The maximum absolute atomic E-state index is 12.0. The monoisotopic (exact) mass is 1670 g/mol. The predicted molar refractivity (Wildman–Crippen MR) is 412 cm³/mol. The van der Waals surface area contributed by atoms with Gasteiger partial charge in [-0.25, -0.2) is 19.2 Å². The lowest BCUT2D eigenvalue weighted by molar-refractivity contribution is -0.143. The zero-order valence-electron chi connectivity index (χ0n) is 64.7. The molecule has 4 aliphatic heterocycles. The Balaban J connectivity index is 0.000000430. The van der Waals surface area contributed by atoms with Crippen LogP contribution in [0, 0.1) is 0 Å². The van der Waals surface area contributed by atoms with Crippen LogP contribution in [0.2, 0.25) is 0 Å². The molecule has 34 heteroatoms. The van der Waals surface area contributed by atoms with Crippen molar-refractivity contribution in [1.82, 2.24) is 0 Å². The molecule has 620 valence electrons. The number of aldehydes is 1. The summed E-state index contributed by atoms with van der Waals surface area (Å²) < 4.78 is 125. The fourth-order valence-corrected chi connectivity index (χ4v) is 11.9. The van der Waals surface area contributed by atoms with Gasteiger partial charge in [0, 0.05) is 59.4 Å². The van der Waals surface area contributed by atoms with Crippen LogP contribution in [0.1, 0.15) is 151 Å². The summed E-state index contributed by atoms with van der Waals surface area (Å²) in [6.07, 6.45) is 14.7. The summed E-state index contributed by atoms with van der Waals surface area (Å²) in [5.41, 5.74) is 3.05. The van der Waals surface area contributed by atoms with Gasteiger partial charge in [-0.05, 0) is 154 Å². The van der Waals surface area contributed by atoms with E-state index in [0.29, 0.717) is 182 Å². The third-order valence-corrected chi connectivity index (χ3v) is 17.7. The van der Waals surface area contributed by atoms with Gasteiger partial charge in [-0.2, -0.15) is 0 Å². The van der Waals surface area contributed by atoms with Crippen molar-refractivity contribution in [3.63, 3.8) is 0 Å². The Morgan fingerprint density at radius 3 is 1.23 bits per heavy atom. The first-order valence-corrected chi connectivity index (χ1v) is 40.2. The van der Waals surface area contributed by atoms with Crippen LogP contribution in [0.25, 0.3) is 34.1 Å². The summed E-state index contributed by atoms with van der Waals surface area (Å²) in [6, 6.07) is 24.0. The summed E-state index contributed by atoms with van der Waals surface area (Å²) in [5, 5.41) is 11.5. The summed E-state index contributed by atoms with van der Waals surface area (Å²) >= 11 is 3.30. The number of rotatable bonds is 32. The van der Waals surface area contributed by atoms with E-state index in [-0.39, 0.29) is 60.1 Å². The summed E-state index contributed by atoms with van der Waals surface area (Å²) in [7, 11) is -3.99. The van der Waals surface area contributed by atoms with Crippen molar-refractivity contribution in [1.29, 1.82) is 0 Å². The Morgan fingerprint density at radius 1 is 0.477 bits per heavy atom. The van der Waals surface area contributed by atoms with Crippen molar-refractivity contribution >= 4 is 102 Å². The van der Waals surface area contributed by atoms with Gasteiger partial charge in [0.05, 0.1) is 161 Å². The molecule has 2 N–H and O–H groups in total. The number of esters is 4. The van der Waals surface area contributed by atoms with Gasteiger partial charge in [-0.1, -0.05) is 35.0 Å². The minimum atomic E-state index is -2.93. The third kappa shape index (κ3) is 43.3. The molecule has 0 saturated carbocycles. The largest absolute Gasteiger partial charge is 0.870 e. The van der Waals surface area contributed by atoms with E-state index < -0.39 is 22.2 Å². The molecule has 4 aliphatic rings. The van der Waals surface area contributed by atoms with E-state index in [0.717, 1.165) is 42.2 Å². The van der Waals surface area contributed by atoms with Crippen LogP contribution in [0.15, 0.2) is 149 Å². The van der Waals surface area contributed by atoms with Crippen LogP contribution in [-0.2, 0) is 98.4 Å². The van der Waals surface area contributed by atoms with E-state index in [1.807, 2.05) is 46.8 Å². The fraction of sp³-hybridized carbons (Fsp3) is 0.506. The van der Waals surface area contributed by atoms with E-state index in [1.54, 1.807) is 132 Å². The van der Waals surface area contributed by atoms with Crippen molar-refractivity contribution in [2.24, 2.45) is 0 Å². The zero-order chi connectivity index (χ0) is 80.4. The molecule has 2 aromatic carbocycles. The van der Waals surface area contributed by atoms with Gasteiger partial charge in [0.2, 0.25) is 0 Å². The van der Waals surface area contributed by atoms with E-state index in [1.165, 1.54) is 18.6 Å². The second kappa shape index (κ2) is 62.0. The Labute approximate surface area is 657 Å². The van der Waals surface area contributed by atoms with E-state index >= 15 is 0 Å². The molecular formula is C77H108BrO31P2-. The molecule has 9 heterocycles. The van der Waals surface area contributed by atoms with Gasteiger partial charge in [-0.15, -0.1) is 0 Å². The van der Waals surface area contributed by atoms with Crippen molar-refractivity contribution in [3.8, 4) is 0 Å². The molecule has 11 rings (SSSR count). The van der Waals surface area contributed by atoms with Gasteiger partial charge < -0.3 is 112 Å². The molecule has 31 nitrogen and oxygen atoms in total. The van der Waals surface area contributed by atoms with Crippen molar-refractivity contribution in [2.75, 3.05) is 124 Å². The molecule has 0 unspecified atom stereocenters. The lowest BCUT2D eigenvalue weighted by Gasteiger charge is -2.18. The van der Waals surface area contributed by atoms with Crippen molar-refractivity contribution < 1.29 is 145 Å². The second-order valence-corrected chi connectivity index (χ2v) is 26.1. The first-order chi connectivity index (χ1) is 53.4. The Kier molecular flexibility index (Phi) is 55.5. The standard InChI is InChI=1S/2C13H16O5.C11H10O3.C9H19O5P.C9H6O3.C6H15O3P.C6H12O2.C5H9BrO2.C5H4O2.H2O/c2*1-2-15-13(14)10(8-11-4-3-5-16-11)9-12-17-6-7-18-12;1-2-13-11(12)9-4-3-8-5-6-14-10(8)7-9;1-3-13-15(10,14-4-2)8-5-9-11-6-7-12-9;10-9(11)7-2-1-6-3-4-12-8(6)5-7;1-4-7-10(8-5-2)9-6-3;1-3-5-6(7)8-4-2;6-2-1-5-7-3-4-8-5;6-4-5-2-1-3-7-5;/h2*3-5,8,12H,2,6-7,9H2,1H3;3-7H,2H2,1H3;9H,3-8H2,1-2H3;1-5H,(H,10,11);4-6H2,1-3H3;3-5H2,1-2H3;5H,1-4H2;1-4H;1H2/p-1. The number of halogens is 1. The molecule has 111 heavy (non-hydrogen) atoms. The topological polar surface area (TPSA) is 392 Å². The van der Waals surface area contributed by atoms with Gasteiger partial charge >= 0.3 is 46.0 Å². The number of carbonyl (C=O) groups is 6. The highest BCUT2D eigenvalue weighted by Crippen LogP contribution is 2.49. The van der Waals surface area contributed by atoms with Crippen LogP contribution in [-0.4, -0.2) is 196 Å². The van der Waals surface area contributed by atoms with Gasteiger partial charge in [0.25, 0.3) is 0 Å². The van der Waals surface area contributed by atoms with Crippen LogP contribution in [0.3, 0.4) is 0 Å². The average Bonchev–Trinajstić information content (AvgIpc) is 1.72. The molecule has 4 fully saturated rings. The highest BCUT2D eigenvalue weighted by molar-refractivity contribution is 9.09. The smallest absolute Gasteiger partial charge is 0.338 e. The Morgan fingerprint density at radius 2 is 0.874 bits per heavy atom. The molecule has 0 amide bonds. The minimum Gasteiger partial charge on any atom is -0.870 e. The molecule has 5 aromatic heterocycles. The van der Waals surface area contributed by atoms with Gasteiger partial charge in [-0.3, -0.25) is 14.2 Å². The zero-order valence-corrected chi connectivity index (χ0v) is 68.1. The molecule has 4 saturated heterocycles. The predicted octanol–water partition coefficient (Wildman–Crippen LogP) is 16.5. The average molecular weight is 1670 g/mol. The van der Waals surface area contributed by atoms with Gasteiger partial charge in [0.1, 0.15) is 22.7 Å². The lowest BCUT2D eigenvalue weighted by Crippen LogP contribution is -2.15. The summed E-state index contributed by atoms with van der Waals surface area (Å²) in [6.45, 7) is 27.7. The van der Waals surface area contributed by atoms with Crippen LogP contribution >= 0.6 is 32.1 Å². The Hall–Kier alpha value is -7.56. The number of ether oxygens (including phenoxy) is 12. The first-order valence-electron chi connectivity index (χ1n) is 36.3.